The molecule has 2 aliphatic rings. The molecular weight excluding hydrogens is 544 g/mol. The number of carbonyl (C=O) groups is 2. The highest BCUT2D eigenvalue weighted by Gasteiger charge is 2.56. The van der Waals surface area contributed by atoms with E-state index < -0.39 is 40.9 Å². The first-order chi connectivity index (χ1) is 19.2. The van der Waals surface area contributed by atoms with E-state index in [0.717, 1.165) is 5.69 Å². The Kier molecular flexibility index (Phi) is 8.56. The molecule has 0 bridgehead atoms. The molecule has 224 valence electrons. The molecule has 1 spiro atoms. The van der Waals surface area contributed by atoms with Gasteiger partial charge in [0.1, 0.15) is 29.5 Å². The fourth-order valence-corrected chi connectivity index (χ4v) is 5.82. The van der Waals surface area contributed by atoms with E-state index in [2.05, 4.69) is 10.2 Å². The summed E-state index contributed by atoms with van der Waals surface area (Å²) in [6.45, 7) is 5.88. The van der Waals surface area contributed by atoms with Crippen LogP contribution < -0.4 is 15.0 Å². The van der Waals surface area contributed by atoms with Gasteiger partial charge in [-0.1, -0.05) is 13.8 Å². The van der Waals surface area contributed by atoms with Gasteiger partial charge in [0.05, 0.1) is 18.7 Å². The number of hydrogen-bond acceptors (Lipinski definition) is 6. The molecule has 2 saturated heterocycles. The summed E-state index contributed by atoms with van der Waals surface area (Å²) in [5.74, 6) is -1.14. The number of ether oxygens (including phenoxy) is 1. The number of carbonyl (C=O) groups excluding carboxylic acids is 2. The van der Waals surface area contributed by atoms with E-state index in [0.29, 0.717) is 36.8 Å². The topological polar surface area (TPSA) is 85.4 Å². The van der Waals surface area contributed by atoms with Crippen LogP contribution in [0.5, 0.6) is 5.75 Å². The van der Waals surface area contributed by atoms with Crippen molar-refractivity contribution < 1.29 is 37.0 Å². The van der Waals surface area contributed by atoms with Crippen molar-refractivity contribution in [2.45, 2.75) is 63.8 Å². The fourth-order valence-electron chi connectivity index (χ4n) is 5.82. The molecule has 2 amide bonds. The summed E-state index contributed by atoms with van der Waals surface area (Å²) in [6, 6.07) is 8.22. The van der Waals surface area contributed by atoms with E-state index in [1.54, 1.807) is 37.8 Å². The summed E-state index contributed by atoms with van der Waals surface area (Å²) in [6.07, 6.45) is -6.08. The fraction of sp³-hybridized carbons (Fsp3) is 0.517. The van der Waals surface area contributed by atoms with Crippen LogP contribution in [-0.2, 0) is 15.8 Å². The number of likely N-dealkylation sites (N-methyl/N-ethyl adjacent to an activating group) is 1. The molecule has 8 nitrogen and oxygen atoms in total. The molecule has 2 unspecified atom stereocenters. The number of piperidine rings is 1. The van der Waals surface area contributed by atoms with E-state index in [1.807, 2.05) is 31.2 Å². The second kappa shape index (κ2) is 11.5. The highest BCUT2D eigenvalue weighted by molar-refractivity contribution is 5.94. The van der Waals surface area contributed by atoms with Gasteiger partial charge in [-0.25, -0.2) is 4.39 Å². The summed E-state index contributed by atoms with van der Waals surface area (Å²) in [7, 11) is 3.33. The quantitative estimate of drug-likeness (QED) is 0.378. The van der Waals surface area contributed by atoms with E-state index in [4.69, 9.17) is 4.74 Å². The van der Waals surface area contributed by atoms with Crippen LogP contribution in [-0.4, -0.2) is 71.7 Å². The molecule has 2 heterocycles. The monoisotopic (exact) mass is 580 g/mol. The third-order valence-electron chi connectivity index (χ3n) is 8.25. The highest BCUT2D eigenvalue weighted by Crippen LogP contribution is 2.42. The molecule has 0 saturated carbocycles. The molecular formula is C29H36F4N4O4. The second-order valence-corrected chi connectivity index (χ2v) is 11.0. The first-order valence-corrected chi connectivity index (χ1v) is 13.5. The van der Waals surface area contributed by atoms with Crippen molar-refractivity contribution in [1.29, 1.82) is 0 Å². The van der Waals surface area contributed by atoms with Crippen LogP contribution in [0.3, 0.4) is 0 Å². The number of methoxy groups -OCH3 is 1. The molecule has 41 heavy (non-hydrogen) atoms. The van der Waals surface area contributed by atoms with Crippen molar-refractivity contribution in [2.75, 3.05) is 32.1 Å². The van der Waals surface area contributed by atoms with Gasteiger partial charge < -0.3 is 24.5 Å². The lowest BCUT2D eigenvalue weighted by Crippen LogP contribution is -2.60. The third-order valence-corrected chi connectivity index (χ3v) is 8.25. The van der Waals surface area contributed by atoms with Crippen LogP contribution in [0.1, 0.15) is 51.0 Å². The van der Waals surface area contributed by atoms with Gasteiger partial charge in [-0.3, -0.25) is 14.9 Å². The molecule has 2 aromatic rings. The number of benzene rings is 2. The average molecular weight is 581 g/mol. The Morgan fingerprint density at radius 3 is 2.27 bits per heavy atom. The minimum atomic E-state index is -4.72. The summed E-state index contributed by atoms with van der Waals surface area (Å²) in [4.78, 5) is 32.5. The maximum atomic E-state index is 14.4. The normalized spacial score (nSPS) is 20.6. The first kappa shape index (κ1) is 30.6. The average Bonchev–Trinajstić information content (AvgIpc) is 3.11. The van der Waals surface area contributed by atoms with E-state index in [-0.39, 0.29) is 37.0 Å². The van der Waals surface area contributed by atoms with Gasteiger partial charge in [-0.05, 0) is 68.1 Å². The Balaban J connectivity index is 1.52. The zero-order valence-corrected chi connectivity index (χ0v) is 23.7. The molecule has 2 fully saturated rings. The number of amides is 2. The lowest BCUT2D eigenvalue weighted by atomic mass is 9.84. The van der Waals surface area contributed by atoms with Crippen LogP contribution >= 0.6 is 0 Å². The second-order valence-electron chi connectivity index (χ2n) is 11.0. The predicted octanol–water partition coefficient (Wildman–Crippen LogP) is 4.14. The predicted molar refractivity (Wildman–Crippen MR) is 144 cm³/mol. The summed E-state index contributed by atoms with van der Waals surface area (Å²) in [5.41, 5.74) is -1.71. The van der Waals surface area contributed by atoms with Gasteiger partial charge in [-0.2, -0.15) is 13.2 Å². The number of rotatable bonds is 7. The highest BCUT2D eigenvalue weighted by atomic mass is 19.4. The summed E-state index contributed by atoms with van der Waals surface area (Å²) >= 11 is 0. The number of alkyl halides is 3. The first-order valence-electron chi connectivity index (χ1n) is 13.5. The van der Waals surface area contributed by atoms with Gasteiger partial charge in [0.25, 0.3) is 0 Å². The largest absolute Gasteiger partial charge is 0.497 e. The van der Waals surface area contributed by atoms with Crippen LogP contribution in [0.15, 0.2) is 42.5 Å². The SMILES string of the molecule is COc1ccc(N2C(C)N(C)C(=O)C23CCN(C(=O)[C@H](NC(O)c2cc(C(F)(F)F)ccc2F)C(C)C)CC3)cc1. The maximum absolute atomic E-state index is 14.4. The molecule has 12 heteroatoms. The number of halogens is 4. The lowest BCUT2D eigenvalue weighted by Gasteiger charge is -2.45. The van der Waals surface area contributed by atoms with E-state index in [1.165, 1.54) is 0 Å². The van der Waals surface area contributed by atoms with Gasteiger partial charge >= 0.3 is 6.18 Å². The standard InChI is InChI=1S/C29H36F4N4O4/c1-17(2)24(34-25(38)22-16-19(29(31,32)33)6-11-23(22)30)26(39)36-14-12-28(13-15-36)27(40)35(4)18(3)37(28)20-7-9-21(41-5)10-8-20/h6-11,16-18,24-25,34,38H,12-15H2,1-5H3/t18?,24-,25?/m1/s1. The van der Waals surface area contributed by atoms with E-state index in [9.17, 15) is 32.3 Å². The molecule has 0 radical (unpaired) electrons. The van der Waals surface area contributed by atoms with Gasteiger partial charge in [-0.15, -0.1) is 0 Å². The molecule has 2 N–H and O–H groups in total. The minimum Gasteiger partial charge on any atom is -0.497 e. The number of nitrogens with one attached hydrogen (secondary N) is 1. The Labute approximate surface area is 236 Å². The van der Waals surface area contributed by atoms with Crippen molar-refractivity contribution in [3.05, 3.63) is 59.4 Å². The zero-order valence-electron chi connectivity index (χ0n) is 23.7. The van der Waals surface area contributed by atoms with Crippen LogP contribution in [0.2, 0.25) is 0 Å². The van der Waals surface area contributed by atoms with Crippen molar-refractivity contribution >= 4 is 17.5 Å². The van der Waals surface area contributed by atoms with Crippen molar-refractivity contribution in [1.82, 2.24) is 15.1 Å². The van der Waals surface area contributed by atoms with Crippen LogP contribution in [0.4, 0.5) is 23.2 Å². The Bertz CT molecular complexity index is 1260. The van der Waals surface area contributed by atoms with Crippen LogP contribution in [0, 0.1) is 11.7 Å². The zero-order chi connectivity index (χ0) is 30.3. The van der Waals surface area contributed by atoms with Crippen molar-refractivity contribution in [3.63, 3.8) is 0 Å². The van der Waals surface area contributed by atoms with Crippen molar-refractivity contribution in [3.8, 4) is 5.75 Å². The third kappa shape index (κ3) is 5.72. The number of anilines is 1. The summed E-state index contributed by atoms with van der Waals surface area (Å²) < 4.78 is 59.2. The molecule has 0 aromatic heterocycles. The maximum Gasteiger partial charge on any atom is 0.416 e. The number of nitrogens with zero attached hydrogens (tertiary/aromatic N) is 3. The Hall–Kier alpha value is -3.38. The molecule has 2 aliphatic heterocycles. The number of aliphatic hydroxyl groups excluding tert-OH is 1. The molecule has 2 aromatic carbocycles. The minimum absolute atomic E-state index is 0.0399. The molecule has 0 aliphatic carbocycles. The molecule has 4 rings (SSSR count). The Morgan fingerprint density at radius 1 is 1.12 bits per heavy atom. The number of aliphatic hydroxyl groups is 1. The van der Waals surface area contributed by atoms with Gasteiger partial charge in [0.15, 0.2) is 0 Å². The van der Waals surface area contributed by atoms with Crippen LogP contribution in [0.25, 0.3) is 0 Å². The lowest BCUT2D eigenvalue weighted by molar-refractivity contribution is -0.141. The Morgan fingerprint density at radius 2 is 1.73 bits per heavy atom. The van der Waals surface area contributed by atoms with Crippen molar-refractivity contribution in [2.24, 2.45) is 5.92 Å². The van der Waals surface area contributed by atoms with Gasteiger partial charge in [0.2, 0.25) is 11.8 Å². The smallest absolute Gasteiger partial charge is 0.416 e. The van der Waals surface area contributed by atoms with E-state index >= 15 is 0 Å². The molecule has 3 atom stereocenters. The summed E-state index contributed by atoms with van der Waals surface area (Å²) in [5, 5.41) is 13.3. The van der Waals surface area contributed by atoms with Gasteiger partial charge in [0, 0.05) is 31.4 Å². The number of likely N-dealkylation sites (tertiary alicyclic amines) is 1. The number of hydrogen-bond donors (Lipinski definition) is 2.